The number of rotatable bonds is 4. The molecule has 0 spiro atoms. The molecule has 0 saturated carbocycles. The monoisotopic (exact) mass is 206 g/mol. The first-order valence-corrected chi connectivity index (χ1v) is 3.69. The predicted molar refractivity (Wildman–Crippen MR) is 47.1 cm³/mol. The summed E-state index contributed by atoms with van der Waals surface area (Å²) in [6, 6.07) is 0. The van der Waals surface area contributed by atoms with Gasteiger partial charge in [-0.2, -0.15) is 0 Å². The van der Waals surface area contributed by atoms with E-state index in [4.69, 9.17) is 25.5 Å². The highest BCUT2D eigenvalue weighted by Gasteiger charge is 2.22. The van der Waals surface area contributed by atoms with E-state index < -0.39 is 24.9 Å². The van der Waals surface area contributed by atoms with Gasteiger partial charge in [0.05, 0.1) is 6.61 Å². The average molecular weight is 206 g/mol. The molecule has 0 aliphatic rings. The van der Waals surface area contributed by atoms with Gasteiger partial charge in [0.2, 0.25) is 0 Å². The molecule has 0 radical (unpaired) electrons. The Morgan fingerprint density at radius 2 is 1.71 bits per heavy atom. The van der Waals surface area contributed by atoms with Crippen molar-refractivity contribution < 1.29 is 30.3 Å². The van der Waals surface area contributed by atoms with Crippen LogP contribution in [-0.2, 0) is 4.79 Å². The van der Waals surface area contributed by atoms with E-state index >= 15 is 0 Å². The molecule has 0 rings (SSSR count). The Morgan fingerprint density at radius 3 is 1.93 bits per heavy atom. The van der Waals surface area contributed by atoms with Crippen molar-refractivity contribution in [3.8, 4) is 12.3 Å². The summed E-state index contributed by atoms with van der Waals surface area (Å²) in [5, 5.41) is 41.7. The van der Waals surface area contributed by atoms with Crippen molar-refractivity contribution in [2.24, 2.45) is 0 Å². The van der Waals surface area contributed by atoms with Crippen LogP contribution in [0, 0.1) is 12.3 Å². The van der Waals surface area contributed by atoms with Gasteiger partial charge >= 0.3 is 0 Å². The van der Waals surface area contributed by atoms with Crippen molar-refractivity contribution in [3.63, 3.8) is 0 Å². The van der Waals surface area contributed by atoms with Crippen LogP contribution in [0.25, 0.3) is 0 Å². The Bertz CT molecular complexity index is 175. The van der Waals surface area contributed by atoms with E-state index in [1.807, 2.05) is 5.92 Å². The molecule has 0 aliphatic heterocycles. The van der Waals surface area contributed by atoms with Gasteiger partial charge in [-0.05, 0) is 0 Å². The maximum absolute atomic E-state index is 9.76. The van der Waals surface area contributed by atoms with Crippen LogP contribution in [0.4, 0.5) is 0 Å². The van der Waals surface area contributed by atoms with Gasteiger partial charge in [-0.3, -0.25) is 0 Å². The average Bonchev–Trinajstić information content (AvgIpc) is 2.26. The minimum Gasteiger partial charge on any atom is -0.394 e. The zero-order valence-electron chi connectivity index (χ0n) is 7.45. The summed E-state index contributed by atoms with van der Waals surface area (Å²) in [5.41, 5.74) is 0. The molecular weight excluding hydrogens is 192 g/mol. The number of hydrogen-bond donors (Lipinski definition) is 5. The third-order valence-electron chi connectivity index (χ3n) is 1.16. The Morgan fingerprint density at radius 1 is 1.29 bits per heavy atom. The predicted octanol–water partition coefficient (Wildman–Crippen LogP) is -3.13. The molecule has 0 aromatic heterocycles. The standard InChI is InChI=1S/C5H10O5.C3H4O/c6-1-3(8)5(10)4(9)2-7;1-2-3-4/h1,3-5,7-10H,2H2;1,4H,3H2. The molecular formula is C8H14O6. The molecule has 14 heavy (non-hydrogen) atoms. The van der Waals surface area contributed by atoms with Crippen LogP contribution in [-0.4, -0.2) is 63.3 Å². The van der Waals surface area contributed by atoms with E-state index in [0.29, 0.717) is 0 Å². The number of carbonyl (C=O) groups is 1. The highest BCUT2D eigenvalue weighted by atomic mass is 16.4. The molecule has 0 aromatic carbocycles. The van der Waals surface area contributed by atoms with Crippen molar-refractivity contribution in [3.05, 3.63) is 0 Å². The SMILES string of the molecule is C#CCO.O=CC(O)C(O)C(O)CO. The van der Waals surface area contributed by atoms with E-state index in [-0.39, 0.29) is 12.9 Å². The minimum absolute atomic E-state index is 0.0869. The maximum Gasteiger partial charge on any atom is 0.151 e. The summed E-state index contributed by atoms with van der Waals surface area (Å²) in [7, 11) is 0. The Labute approximate surface area is 81.4 Å². The summed E-state index contributed by atoms with van der Waals surface area (Å²) in [6.45, 7) is -0.841. The van der Waals surface area contributed by atoms with E-state index in [0.717, 1.165) is 0 Å². The first kappa shape index (κ1) is 15.5. The molecule has 0 aliphatic carbocycles. The van der Waals surface area contributed by atoms with Crippen molar-refractivity contribution in [2.45, 2.75) is 18.3 Å². The molecule has 0 fully saturated rings. The fourth-order valence-corrected chi connectivity index (χ4v) is 0.416. The highest BCUT2D eigenvalue weighted by Crippen LogP contribution is 1.96. The number of aliphatic hydroxyl groups excluding tert-OH is 5. The minimum atomic E-state index is -1.64. The fraction of sp³-hybridized carbons (Fsp3) is 0.625. The molecule has 5 N–H and O–H groups in total. The Kier molecular flexibility index (Phi) is 11.2. The van der Waals surface area contributed by atoms with Gasteiger partial charge < -0.3 is 30.3 Å². The van der Waals surface area contributed by atoms with E-state index in [2.05, 4.69) is 6.42 Å². The van der Waals surface area contributed by atoms with Crippen molar-refractivity contribution in [1.82, 2.24) is 0 Å². The highest BCUT2D eigenvalue weighted by molar-refractivity contribution is 5.56. The molecule has 0 aromatic rings. The largest absolute Gasteiger partial charge is 0.394 e. The van der Waals surface area contributed by atoms with E-state index in [1.54, 1.807) is 0 Å². The molecule has 82 valence electrons. The van der Waals surface area contributed by atoms with Crippen LogP contribution in [0.15, 0.2) is 0 Å². The molecule has 3 atom stereocenters. The fourth-order valence-electron chi connectivity index (χ4n) is 0.416. The smallest absolute Gasteiger partial charge is 0.151 e. The first-order chi connectivity index (χ1) is 6.54. The molecule has 0 saturated heterocycles. The summed E-state index contributed by atoms with van der Waals surface area (Å²) >= 11 is 0. The van der Waals surface area contributed by atoms with Crippen molar-refractivity contribution >= 4 is 6.29 Å². The number of carbonyl (C=O) groups excluding carboxylic acids is 1. The molecule has 6 heteroatoms. The van der Waals surface area contributed by atoms with Crippen molar-refractivity contribution in [2.75, 3.05) is 13.2 Å². The van der Waals surface area contributed by atoms with Gasteiger partial charge in [0.1, 0.15) is 24.9 Å². The van der Waals surface area contributed by atoms with Gasteiger partial charge in [0.15, 0.2) is 6.29 Å². The second-order valence-corrected chi connectivity index (χ2v) is 2.23. The third kappa shape index (κ3) is 7.67. The molecule has 0 heterocycles. The number of aldehydes is 1. The molecule has 0 bridgehead atoms. The first-order valence-electron chi connectivity index (χ1n) is 3.69. The maximum atomic E-state index is 9.76. The zero-order valence-corrected chi connectivity index (χ0v) is 7.45. The number of aliphatic hydroxyl groups is 5. The number of hydrogen-bond acceptors (Lipinski definition) is 6. The molecule has 3 unspecified atom stereocenters. The van der Waals surface area contributed by atoms with Gasteiger partial charge in [-0.15, -0.1) is 6.42 Å². The van der Waals surface area contributed by atoms with Gasteiger partial charge in [0.25, 0.3) is 0 Å². The van der Waals surface area contributed by atoms with Gasteiger partial charge in [-0.1, -0.05) is 5.92 Å². The van der Waals surface area contributed by atoms with Crippen LogP contribution in [0.2, 0.25) is 0 Å². The summed E-state index contributed by atoms with van der Waals surface area (Å²) in [5.74, 6) is 1.99. The van der Waals surface area contributed by atoms with Crippen LogP contribution in [0.1, 0.15) is 0 Å². The molecule has 6 nitrogen and oxygen atoms in total. The lowest BCUT2D eigenvalue weighted by Crippen LogP contribution is -2.40. The van der Waals surface area contributed by atoms with E-state index in [1.165, 1.54) is 0 Å². The second kappa shape index (κ2) is 10.1. The summed E-state index contributed by atoms with van der Waals surface area (Å²) in [4.78, 5) is 9.76. The van der Waals surface area contributed by atoms with Crippen LogP contribution < -0.4 is 0 Å². The van der Waals surface area contributed by atoms with Crippen molar-refractivity contribution in [1.29, 1.82) is 0 Å². The third-order valence-corrected chi connectivity index (χ3v) is 1.16. The van der Waals surface area contributed by atoms with Gasteiger partial charge in [-0.25, -0.2) is 0 Å². The quantitative estimate of drug-likeness (QED) is 0.245. The lowest BCUT2D eigenvalue weighted by atomic mass is 10.1. The second-order valence-electron chi connectivity index (χ2n) is 2.23. The Hall–Kier alpha value is -0.970. The van der Waals surface area contributed by atoms with Crippen LogP contribution in [0.5, 0.6) is 0 Å². The normalized spacial score (nSPS) is 15.4. The van der Waals surface area contributed by atoms with Gasteiger partial charge in [0, 0.05) is 0 Å². The van der Waals surface area contributed by atoms with Crippen LogP contribution >= 0.6 is 0 Å². The summed E-state index contributed by atoms with van der Waals surface area (Å²) < 4.78 is 0. The summed E-state index contributed by atoms with van der Waals surface area (Å²) in [6.07, 6.45) is -0.103. The Balaban J connectivity index is 0. The number of terminal acetylenes is 1. The topological polar surface area (TPSA) is 118 Å². The van der Waals surface area contributed by atoms with E-state index in [9.17, 15) is 4.79 Å². The lowest BCUT2D eigenvalue weighted by Gasteiger charge is -2.16. The lowest BCUT2D eigenvalue weighted by molar-refractivity contribution is -0.127. The van der Waals surface area contributed by atoms with Crippen LogP contribution in [0.3, 0.4) is 0 Å². The zero-order chi connectivity index (χ0) is 11.6. The molecule has 0 amide bonds.